The Morgan fingerprint density at radius 2 is 2.00 bits per heavy atom. The minimum atomic E-state index is -3.99. The first-order valence-corrected chi connectivity index (χ1v) is 5.97. The number of rotatable bonds is 3. The van der Waals surface area contributed by atoms with Crippen molar-refractivity contribution in [2.24, 2.45) is 0 Å². The molecule has 0 saturated carbocycles. The number of fused-ring (bicyclic) bond motifs is 1. The van der Waals surface area contributed by atoms with Crippen LogP contribution in [-0.4, -0.2) is 19.2 Å². The third-order valence-electron chi connectivity index (χ3n) is 1.98. The molecule has 0 radical (unpaired) electrons. The molecule has 0 unspecified atom stereocenters. The summed E-state index contributed by atoms with van der Waals surface area (Å²) in [5, 5.41) is 10.4. The highest BCUT2D eigenvalue weighted by Gasteiger charge is 2.25. The molecule has 7 heteroatoms. The number of hydrogen-bond acceptors (Lipinski definition) is 5. The number of hydrogen-bond donors (Lipinski definition) is 0. The fourth-order valence-corrected chi connectivity index (χ4v) is 2.24. The highest BCUT2D eigenvalue weighted by molar-refractivity contribution is 7.91. The van der Waals surface area contributed by atoms with Gasteiger partial charge in [0, 0.05) is 16.4 Å². The molecule has 0 spiro atoms. The van der Waals surface area contributed by atoms with Crippen LogP contribution in [0.4, 0.5) is 0 Å². The van der Waals surface area contributed by atoms with E-state index in [0.29, 0.717) is 11.0 Å². The van der Waals surface area contributed by atoms with Crippen molar-refractivity contribution in [1.29, 1.82) is 0 Å². The molecule has 0 aliphatic rings. The quantitative estimate of drug-likeness (QED) is 0.599. The maximum atomic E-state index is 11.5. The first-order valence-electron chi connectivity index (χ1n) is 4.32. The second kappa shape index (κ2) is 3.60. The number of nitro groups is 1. The molecule has 0 aliphatic carbocycles. The second-order valence-corrected chi connectivity index (χ2v) is 5.07. The van der Waals surface area contributed by atoms with Gasteiger partial charge >= 0.3 is 5.88 Å². The predicted octanol–water partition coefficient (Wildman–Crippen LogP) is 1.44. The molecule has 1 heterocycles. The Morgan fingerprint density at radius 1 is 1.31 bits per heavy atom. The third kappa shape index (κ3) is 1.89. The number of nitrogens with zero attached hydrogens (tertiary/aromatic N) is 1. The van der Waals surface area contributed by atoms with Gasteiger partial charge in [-0.3, -0.25) is 10.1 Å². The monoisotopic (exact) mass is 241 g/mol. The molecule has 1 aromatic heterocycles. The Kier molecular flexibility index (Phi) is 2.39. The van der Waals surface area contributed by atoms with Gasteiger partial charge in [-0.1, -0.05) is 18.2 Å². The first kappa shape index (κ1) is 10.6. The van der Waals surface area contributed by atoms with E-state index in [1.165, 1.54) is 6.07 Å². The van der Waals surface area contributed by atoms with Crippen molar-refractivity contribution in [2.45, 2.75) is 5.09 Å². The van der Waals surface area contributed by atoms with E-state index in [4.69, 9.17) is 4.42 Å². The van der Waals surface area contributed by atoms with Crippen LogP contribution < -0.4 is 0 Å². The molecular formula is C9H7NO5S. The summed E-state index contributed by atoms with van der Waals surface area (Å²) in [5.74, 6) is -1.16. The van der Waals surface area contributed by atoms with Crippen LogP contribution in [0.15, 0.2) is 39.8 Å². The summed E-state index contributed by atoms with van der Waals surface area (Å²) in [6, 6.07) is 7.97. The van der Waals surface area contributed by atoms with Crippen LogP contribution in [0.5, 0.6) is 0 Å². The van der Waals surface area contributed by atoms with Gasteiger partial charge in [-0.05, 0) is 6.07 Å². The van der Waals surface area contributed by atoms with Crippen molar-refractivity contribution in [3.8, 4) is 0 Å². The van der Waals surface area contributed by atoms with Crippen molar-refractivity contribution >= 4 is 20.8 Å². The molecule has 16 heavy (non-hydrogen) atoms. The minimum Gasteiger partial charge on any atom is -0.444 e. The standard InChI is InChI=1S/C9H7NO5S/c11-10(12)6-16(13,14)9-5-7-3-1-2-4-8(7)15-9/h1-5H,6H2. The largest absolute Gasteiger partial charge is 0.444 e. The molecule has 1 aromatic carbocycles. The van der Waals surface area contributed by atoms with E-state index in [0.717, 1.165) is 0 Å². The summed E-state index contributed by atoms with van der Waals surface area (Å²) in [4.78, 5) is 9.29. The average molecular weight is 241 g/mol. The van der Waals surface area contributed by atoms with E-state index < -0.39 is 20.6 Å². The lowest BCUT2D eigenvalue weighted by Crippen LogP contribution is -2.13. The fourth-order valence-electron chi connectivity index (χ4n) is 1.31. The molecule has 0 saturated heterocycles. The molecule has 0 aliphatic heterocycles. The third-order valence-corrected chi connectivity index (χ3v) is 3.35. The topological polar surface area (TPSA) is 90.4 Å². The molecule has 84 valence electrons. The van der Waals surface area contributed by atoms with Gasteiger partial charge in [0.25, 0.3) is 9.84 Å². The van der Waals surface area contributed by atoms with Gasteiger partial charge < -0.3 is 4.42 Å². The maximum Gasteiger partial charge on any atom is 0.309 e. The van der Waals surface area contributed by atoms with Gasteiger partial charge in [0.15, 0.2) is 0 Å². The van der Waals surface area contributed by atoms with Gasteiger partial charge in [-0.25, -0.2) is 8.42 Å². The zero-order chi connectivity index (χ0) is 11.8. The lowest BCUT2D eigenvalue weighted by atomic mass is 10.3. The van der Waals surface area contributed by atoms with Crippen molar-refractivity contribution in [3.63, 3.8) is 0 Å². The zero-order valence-electron chi connectivity index (χ0n) is 7.99. The van der Waals surface area contributed by atoms with Crippen LogP contribution in [0.25, 0.3) is 11.0 Å². The number of sulfone groups is 1. The molecule has 0 fully saturated rings. The molecule has 0 bridgehead atoms. The molecule has 0 amide bonds. The van der Waals surface area contributed by atoms with Crippen LogP contribution in [0.3, 0.4) is 0 Å². The van der Waals surface area contributed by atoms with Crippen molar-refractivity contribution in [1.82, 2.24) is 0 Å². The van der Waals surface area contributed by atoms with Crippen molar-refractivity contribution in [2.75, 3.05) is 5.88 Å². The van der Waals surface area contributed by atoms with E-state index in [-0.39, 0.29) is 5.09 Å². The zero-order valence-corrected chi connectivity index (χ0v) is 8.81. The van der Waals surface area contributed by atoms with Gasteiger partial charge in [-0.2, -0.15) is 0 Å². The molecule has 2 aromatic rings. The Hall–Kier alpha value is -1.89. The van der Waals surface area contributed by atoms with Crippen LogP contribution in [0.2, 0.25) is 0 Å². The van der Waals surface area contributed by atoms with Gasteiger partial charge in [0.1, 0.15) is 5.58 Å². The van der Waals surface area contributed by atoms with E-state index in [9.17, 15) is 18.5 Å². The normalized spacial score (nSPS) is 11.8. The Balaban J connectivity index is 2.52. The first-order chi connectivity index (χ1) is 7.49. The number of para-hydroxylation sites is 1. The summed E-state index contributed by atoms with van der Waals surface area (Å²) in [5.41, 5.74) is 0.393. The van der Waals surface area contributed by atoms with Crippen molar-refractivity contribution in [3.05, 3.63) is 40.4 Å². The Bertz CT molecular complexity index is 610. The highest BCUT2D eigenvalue weighted by Crippen LogP contribution is 2.23. The summed E-state index contributed by atoms with van der Waals surface area (Å²) in [6.45, 7) is 0. The maximum absolute atomic E-state index is 11.5. The van der Waals surface area contributed by atoms with E-state index in [1.54, 1.807) is 24.3 Å². The van der Waals surface area contributed by atoms with Gasteiger partial charge in [0.2, 0.25) is 5.09 Å². The molecule has 2 rings (SSSR count). The molecule has 6 nitrogen and oxygen atoms in total. The molecule has 0 N–H and O–H groups in total. The Morgan fingerprint density at radius 3 is 2.62 bits per heavy atom. The number of benzene rings is 1. The highest BCUT2D eigenvalue weighted by atomic mass is 32.2. The summed E-state index contributed by atoms with van der Waals surface area (Å²) in [6.07, 6.45) is 0. The van der Waals surface area contributed by atoms with Gasteiger partial charge in [0.05, 0.1) is 0 Å². The summed E-state index contributed by atoms with van der Waals surface area (Å²) in [7, 11) is -3.99. The van der Waals surface area contributed by atoms with E-state index >= 15 is 0 Å². The fraction of sp³-hybridized carbons (Fsp3) is 0.111. The van der Waals surface area contributed by atoms with Gasteiger partial charge in [-0.15, -0.1) is 0 Å². The average Bonchev–Trinajstić information content (AvgIpc) is 2.59. The van der Waals surface area contributed by atoms with Crippen LogP contribution >= 0.6 is 0 Å². The minimum absolute atomic E-state index is 0.370. The summed E-state index contributed by atoms with van der Waals surface area (Å²) >= 11 is 0. The predicted molar refractivity (Wildman–Crippen MR) is 55.3 cm³/mol. The number of furan rings is 1. The SMILES string of the molecule is O=[N+]([O-])CS(=O)(=O)c1cc2ccccc2o1. The van der Waals surface area contributed by atoms with Crippen LogP contribution in [0.1, 0.15) is 0 Å². The molecular weight excluding hydrogens is 234 g/mol. The van der Waals surface area contributed by atoms with E-state index in [2.05, 4.69) is 0 Å². The lowest BCUT2D eigenvalue weighted by molar-refractivity contribution is -0.458. The smallest absolute Gasteiger partial charge is 0.309 e. The Labute approximate surface area is 90.6 Å². The van der Waals surface area contributed by atoms with Crippen LogP contribution in [0, 0.1) is 10.1 Å². The van der Waals surface area contributed by atoms with Crippen molar-refractivity contribution < 1.29 is 17.8 Å². The molecule has 0 atom stereocenters. The second-order valence-electron chi connectivity index (χ2n) is 3.18. The van der Waals surface area contributed by atoms with Crippen LogP contribution in [-0.2, 0) is 9.84 Å². The van der Waals surface area contributed by atoms with E-state index in [1.807, 2.05) is 0 Å². The summed E-state index contributed by atoms with van der Waals surface area (Å²) < 4.78 is 28.0. The lowest BCUT2D eigenvalue weighted by Gasteiger charge is -1.93.